The SMILES string of the molecule is O=C(O)c1ccc2oc(-c3ccccn3)nc2c1. The van der Waals surface area contributed by atoms with E-state index in [0.29, 0.717) is 22.7 Å². The number of fused-ring (bicyclic) bond motifs is 1. The van der Waals surface area contributed by atoms with E-state index in [1.807, 2.05) is 6.07 Å². The third kappa shape index (κ3) is 1.71. The quantitative estimate of drug-likeness (QED) is 0.745. The van der Waals surface area contributed by atoms with Gasteiger partial charge in [0.1, 0.15) is 11.2 Å². The first kappa shape index (κ1) is 10.5. The zero-order chi connectivity index (χ0) is 12.5. The minimum atomic E-state index is -0.987. The van der Waals surface area contributed by atoms with Gasteiger partial charge in [0, 0.05) is 6.20 Å². The van der Waals surface area contributed by atoms with Gasteiger partial charge in [-0.3, -0.25) is 4.98 Å². The van der Waals surface area contributed by atoms with Crippen LogP contribution in [0.25, 0.3) is 22.7 Å². The van der Waals surface area contributed by atoms with Crippen LogP contribution in [0.3, 0.4) is 0 Å². The van der Waals surface area contributed by atoms with Crippen molar-refractivity contribution in [3.05, 3.63) is 48.2 Å². The topological polar surface area (TPSA) is 76.2 Å². The number of hydrogen-bond donors (Lipinski definition) is 1. The predicted octanol–water partition coefficient (Wildman–Crippen LogP) is 2.59. The Balaban J connectivity index is 2.14. The summed E-state index contributed by atoms with van der Waals surface area (Å²) in [6.07, 6.45) is 1.65. The number of oxazole rings is 1. The summed E-state index contributed by atoms with van der Waals surface area (Å²) in [6.45, 7) is 0. The average molecular weight is 240 g/mol. The maximum absolute atomic E-state index is 10.9. The van der Waals surface area contributed by atoms with Gasteiger partial charge in [-0.2, -0.15) is 0 Å². The molecule has 0 aliphatic carbocycles. The first-order valence-corrected chi connectivity index (χ1v) is 5.29. The molecule has 1 N–H and O–H groups in total. The number of carboxylic acids is 1. The number of pyridine rings is 1. The lowest BCUT2D eigenvalue weighted by Gasteiger charge is -1.91. The second kappa shape index (κ2) is 3.96. The average Bonchev–Trinajstić information content (AvgIpc) is 2.82. The molecule has 0 radical (unpaired) electrons. The summed E-state index contributed by atoms with van der Waals surface area (Å²) in [6, 6.07) is 9.97. The molecule has 18 heavy (non-hydrogen) atoms. The van der Waals surface area contributed by atoms with Crippen molar-refractivity contribution in [2.24, 2.45) is 0 Å². The molecule has 0 unspecified atom stereocenters. The van der Waals surface area contributed by atoms with Gasteiger partial charge >= 0.3 is 5.97 Å². The third-order valence-corrected chi connectivity index (χ3v) is 2.52. The molecule has 2 aromatic heterocycles. The van der Waals surface area contributed by atoms with Crippen LogP contribution in [0.2, 0.25) is 0 Å². The Morgan fingerprint density at radius 3 is 2.83 bits per heavy atom. The van der Waals surface area contributed by atoms with E-state index in [4.69, 9.17) is 9.52 Å². The number of benzene rings is 1. The molecule has 3 rings (SSSR count). The maximum atomic E-state index is 10.9. The molecule has 0 fully saturated rings. The number of aromatic nitrogens is 2. The van der Waals surface area contributed by atoms with E-state index in [0.717, 1.165) is 0 Å². The van der Waals surface area contributed by atoms with Crippen LogP contribution in [0.4, 0.5) is 0 Å². The lowest BCUT2D eigenvalue weighted by molar-refractivity contribution is 0.0697. The molecule has 0 spiro atoms. The van der Waals surface area contributed by atoms with E-state index >= 15 is 0 Å². The van der Waals surface area contributed by atoms with E-state index < -0.39 is 5.97 Å². The van der Waals surface area contributed by atoms with E-state index in [1.54, 1.807) is 24.4 Å². The normalized spacial score (nSPS) is 10.7. The van der Waals surface area contributed by atoms with E-state index in [2.05, 4.69) is 9.97 Å². The number of hydrogen-bond acceptors (Lipinski definition) is 4. The summed E-state index contributed by atoms with van der Waals surface area (Å²) in [5.74, 6) is -0.604. The van der Waals surface area contributed by atoms with Crippen molar-refractivity contribution in [2.45, 2.75) is 0 Å². The molecule has 3 aromatic rings. The van der Waals surface area contributed by atoms with Crippen molar-refractivity contribution in [3.63, 3.8) is 0 Å². The van der Waals surface area contributed by atoms with Gasteiger partial charge in [0.05, 0.1) is 5.56 Å². The predicted molar refractivity (Wildman–Crippen MR) is 64.2 cm³/mol. The smallest absolute Gasteiger partial charge is 0.335 e. The van der Waals surface area contributed by atoms with Crippen molar-refractivity contribution in [3.8, 4) is 11.6 Å². The first-order valence-electron chi connectivity index (χ1n) is 5.29. The number of aromatic carboxylic acids is 1. The Morgan fingerprint density at radius 2 is 2.11 bits per heavy atom. The highest BCUT2D eigenvalue weighted by molar-refractivity contribution is 5.92. The molecule has 0 aliphatic rings. The molecule has 5 heteroatoms. The summed E-state index contributed by atoms with van der Waals surface area (Å²) >= 11 is 0. The number of carbonyl (C=O) groups is 1. The molecule has 0 amide bonds. The third-order valence-electron chi connectivity index (χ3n) is 2.52. The van der Waals surface area contributed by atoms with Crippen LogP contribution in [0.1, 0.15) is 10.4 Å². The van der Waals surface area contributed by atoms with Gasteiger partial charge in [-0.25, -0.2) is 9.78 Å². The van der Waals surface area contributed by atoms with Crippen LogP contribution in [-0.2, 0) is 0 Å². The molecule has 2 heterocycles. The lowest BCUT2D eigenvalue weighted by atomic mass is 10.2. The van der Waals surface area contributed by atoms with E-state index in [9.17, 15) is 4.79 Å². The molecule has 0 bridgehead atoms. The fourth-order valence-electron chi connectivity index (χ4n) is 1.66. The Hall–Kier alpha value is -2.69. The van der Waals surface area contributed by atoms with Crippen LogP contribution >= 0.6 is 0 Å². The van der Waals surface area contributed by atoms with Gasteiger partial charge in [0.15, 0.2) is 5.58 Å². The van der Waals surface area contributed by atoms with Crippen LogP contribution in [0.5, 0.6) is 0 Å². The monoisotopic (exact) mass is 240 g/mol. The summed E-state index contributed by atoms with van der Waals surface area (Å²) in [7, 11) is 0. The highest BCUT2D eigenvalue weighted by Crippen LogP contribution is 2.23. The van der Waals surface area contributed by atoms with Gasteiger partial charge in [-0.1, -0.05) is 6.07 Å². The van der Waals surface area contributed by atoms with Crippen molar-refractivity contribution in [1.29, 1.82) is 0 Å². The summed E-state index contributed by atoms with van der Waals surface area (Å²) in [5.41, 5.74) is 1.85. The molecule has 88 valence electrons. The lowest BCUT2D eigenvalue weighted by Crippen LogP contribution is -1.94. The fraction of sp³-hybridized carbons (Fsp3) is 0. The van der Waals surface area contributed by atoms with Gasteiger partial charge in [0.2, 0.25) is 5.89 Å². The summed E-state index contributed by atoms with van der Waals surface area (Å²) in [4.78, 5) is 19.2. The molecular weight excluding hydrogens is 232 g/mol. The molecule has 5 nitrogen and oxygen atoms in total. The first-order chi connectivity index (χ1) is 8.74. The number of rotatable bonds is 2. The Morgan fingerprint density at radius 1 is 1.22 bits per heavy atom. The zero-order valence-corrected chi connectivity index (χ0v) is 9.20. The van der Waals surface area contributed by atoms with Crippen LogP contribution in [-0.4, -0.2) is 21.0 Å². The minimum absolute atomic E-state index is 0.184. The highest BCUT2D eigenvalue weighted by atomic mass is 16.4. The fourth-order valence-corrected chi connectivity index (χ4v) is 1.66. The Bertz CT molecular complexity index is 719. The number of nitrogens with zero attached hydrogens (tertiary/aromatic N) is 2. The largest absolute Gasteiger partial charge is 0.478 e. The van der Waals surface area contributed by atoms with Crippen molar-refractivity contribution >= 4 is 17.1 Å². The van der Waals surface area contributed by atoms with Crippen LogP contribution in [0, 0.1) is 0 Å². The highest BCUT2D eigenvalue weighted by Gasteiger charge is 2.11. The van der Waals surface area contributed by atoms with Gasteiger partial charge in [-0.05, 0) is 30.3 Å². The Kier molecular flexibility index (Phi) is 2.30. The number of carboxylic acid groups (broad SMARTS) is 1. The Labute approximate surface area is 102 Å². The molecule has 0 aliphatic heterocycles. The summed E-state index contributed by atoms with van der Waals surface area (Å²) in [5, 5.41) is 8.90. The van der Waals surface area contributed by atoms with Gasteiger partial charge < -0.3 is 9.52 Å². The maximum Gasteiger partial charge on any atom is 0.335 e. The van der Waals surface area contributed by atoms with Crippen LogP contribution in [0.15, 0.2) is 47.0 Å². The molecule has 0 atom stereocenters. The summed E-state index contributed by atoms with van der Waals surface area (Å²) < 4.78 is 5.52. The molecule has 0 saturated carbocycles. The van der Waals surface area contributed by atoms with E-state index in [-0.39, 0.29) is 5.56 Å². The molecule has 0 saturated heterocycles. The van der Waals surface area contributed by atoms with Gasteiger partial charge in [-0.15, -0.1) is 0 Å². The van der Waals surface area contributed by atoms with E-state index in [1.165, 1.54) is 12.1 Å². The minimum Gasteiger partial charge on any atom is -0.478 e. The van der Waals surface area contributed by atoms with Crippen LogP contribution < -0.4 is 0 Å². The van der Waals surface area contributed by atoms with Crippen molar-refractivity contribution in [2.75, 3.05) is 0 Å². The standard InChI is InChI=1S/C13H8N2O3/c16-13(17)8-4-5-11-10(7-8)15-12(18-11)9-3-1-2-6-14-9/h1-7H,(H,16,17). The zero-order valence-electron chi connectivity index (χ0n) is 9.20. The van der Waals surface area contributed by atoms with Crippen molar-refractivity contribution < 1.29 is 14.3 Å². The second-order valence-corrected chi connectivity index (χ2v) is 3.72. The van der Waals surface area contributed by atoms with Gasteiger partial charge in [0.25, 0.3) is 0 Å². The van der Waals surface area contributed by atoms with Crippen molar-refractivity contribution in [1.82, 2.24) is 9.97 Å². The molecular formula is C13H8N2O3. The second-order valence-electron chi connectivity index (χ2n) is 3.72. The molecule has 1 aromatic carbocycles.